The minimum absolute atomic E-state index is 0.612. The molecule has 2 rings (SSSR count). The number of nitrogens with zero attached hydrogens (tertiary/aromatic N) is 6. The number of nitrogens with one attached hydrogen (secondary N) is 1. The number of hydrogen-bond donors (Lipinski definition) is 1. The SMILES string of the molecule is CCCNc1nc(Sc2nncs2)nc(N(CC)CC)n1. The molecule has 0 aliphatic heterocycles. The summed E-state index contributed by atoms with van der Waals surface area (Å²) >= 11 is 2.88. The van der Waals surface area contributed by atoms with E-state index in [1.807, 2.05) is 0 Å². The van der Waals surface area contributed by atoms with Crippen LogP contribution in [0.15, 0.2) is 15.0 Å². The Bertz CT molecular complexity index is 543. The Morgan fingerprint density at radius 2 is 2.00 bits per heavy atom. The van der Waals surface area contributed by atoms with Crippen LogP contribution in [-0.4, -0.2) is 44.8 Å². The highest BCUT2D eigenvalue weighted by molar-refractivity contribution is 8.00. The molecule has 0 unspecified atom stereocenters. The fourth-order valence-electron chi connectivity index (χ4n) is 1.64. The molecule has 0 spiro atoms. The quantitative estimate of drug-likeness (QED) is 0.793. The van der Waals surface area contributed by atoms with Crippen molar-refractivity contribution in [3.8, 4) is 0 Å². The standard InChI is InChI=1S/C12H19N7S2/c1-4-7-13-9-15-10(19(5-2)6-3)17-11(16-9)21-12-18-14-8-20-12/h8H,4-7H2,1-3H3,(H,13,15,16,17). The molecule has 7 nitrogen and oxygen atoms in total. The molecule has 2 heterocycles. The Morgan fingerprint density at radius 1 is 1.19 bits per heavy atom. The summed E-state index contributed by atoms with van der Waals surface area (Å²) in [5.74, 6) is 1.31. The van der Waals surface area contributed by atoms with Crippen LogP contribution in [0, 0.1) is 0 Å². The summed E-state index contributed by atoms with van der Waals surface area (Å²) in [6.07, 6.45) is 1.02. The van der Waals surface area contributed by atoms with E-state index < -0.39 is 0 Å². The van der Waals surface area contributed by atoms with E-state index in [1.165, 1.54) is 23.1 Å². The average molecular weight is 325 g/mol. The topological polar surface area (TPSA) is 79.7 Å². The maximum absolute atomic E-state index is 4.52. The van der Waals surface area contributed by atoms with Crippen LogP contribution in [0.3, 0.4) is 0 Å². The first-order chi connectivity index (χ1) is 10.3. The van der Waals surface area contributed by atoms with Gasteiger partial charge in [-0.2, -0.15) is 15.0 Å². The van der Waals surface area contributed by atoms with Gasteiger partial charge in [-0.1, -0.05) is 18.3 Å². The summed E-state index contributed by atoms with van der Waals surface area (Å²) in [6.45, 7) is 8.84. The van der Waals surface area contributed by atoms with E-state index in [1.54, 1.807) is 5.51 Å². The third kappa shape index (κ3) is 4.50. The van der Waals surface area contributed by atoms with E-state index in [0.717, 1.165) is 30.4 Å². The number of anilines is 2. The molecule has 0 aliphatic rings. The van der Waals surface area contributed by atoms with Gasteiger partial charge in [0.05, 0.1) is 0 Å². The lowest BCUT2D eigenvalue weighted by Crippen LogP contribution is -2.25. The first-order valence-electron chi connectivity index (χ1n) is 6.95. The molecule has 1 N–H and O–H groups in total. The second-order valence-electron chi connectivity index (χ2n) is 4.15. The molecule has 0 saturated carbocycles. The molecule has 0 aromatic carbocycles. The third-order valence-corrected chi connectivity index (χ3v) is 4.34. The molecule has 114 valence electrons. The van der Waals surface area contributed by atoms with Gasteiger partial charge in [-0.15, -0.1) is 10.2 Å². The largest absolute Gasteiger partial charge is 0.354 e. The highest BCUT2D eigenvalue weighted by Gasteiger charge is 2.13. The van der Waals surface area contributed by atoms with Crippen LogP contribution in [0.2, 0.25) is 0 Å². The molecular weight excluding hydrogens is 306 g/mol. The second-order valence-corrected chi connectivity index (χ2v) is 6.19. The number of hydrogen-bond acceptors (Lipinski definition) is 9. The molecule has 2 aromatic heterocycles. The Labute approximate surface area is 132 Å². The fourth-order valence-corrected chi connectivity index (χ4v) is 2.97. The summed E-state index contributed by atoms with van der Waals surface area (Å²) in [4.78, 5) is 15.6. The molecule has 0 saturated heterocycles. The Morgan fingerprint density at radius 3 is 2.62 bits per heavy atom. The van der Waals surface area contributed by atoms with E-state index in [-0.39, 0.29) is 0 Å². The van der Waals surface area contributed by atoms with E-state index in [9.17, 15) is 0 Å². The van der Waals surface area contributed by atoms with Crippen molar-refractivity contribution in [3.63, 3.8) is 0 Å². The fraction of sp³-hybridized carbons (Fsp3) is 0.583. The predicted octanol–water partition coefficient (Wildman–Crippen LogP) is 2.54. The van der Waals surface area contributed by atoms with Crippen LogP contribution in [0.4, 0.5) is 11.9 Å². The van der Waals surface area contributed by atoms with Crippen molar-refractivity contribution in [2.45, 2.75) is 36.7 Å². The molecule has 0 aliphatic carbocycles. The summed E-state index contributed by atoms with van der Waals surface area (Å²) in [7, 11) is 0. The van der Waals surface area contributed by atoms with Crippen LogP contribution in [0.5, 0.6) is 0 Å². The van der Waals surface area contributed by atoms with Gasteiger partial charge in [-0.05, 0) is 32.0 Å². The van der Waals surface area contributed by atoms with Crippen LogP contribution in [0.25, 0.3) is 0 Å². The maximum Gasteiger partial charge on any atom is 0.231 e. The smallest absolute Gasteiger partial charge is 0.231 e. The lowest BCUT2D eigenvalue weighted by Gasteiger charge is -2.19. The van der Waals surface area contributed by atoms with Crippen LogP contribution < -0.4 is 10.2 Å². The molecule has 0 bridgehead atoms. The molecule has 2 aromatic rings. The summed E-state index contributed by atoms with van der Waals surface area (Å²) in [5.41, 5.74) is 1.70. The Kier molecular flexibility index (Phi) is 6.12. The van der Waals surface area contributed by atoms with Gasteiger partial charge in [0.15, 0.2) is 4.34 Å². The summed E-state index contributed by atoms with van der Waals surface area (Å²) in [6, 6.07) is 0. The molecule has 0 radical (unpaired) electrons. The lowest BCUT2D eigenvalue weighted by molar-refractivity contribution is 0.780. The van der Waals surface area contributed by atoms with Crippen LogP contribution >= 0.6 is 23.1 Å². The molecular formula is C12H19N7S2. The second kappa shape index (κ2) is 8.08. The lowest BCUT2D eigenvalue weighted by atomic mass is 10.5. The van der Waals surface area contributed by atoms with Crippen molar-refractivity contribution in [1.29, 1.82) is 0 Å². The zero-order chi connectivity index (χ0) is 15.1. The predicted molar refractivity (Wildman–Crippen MR) is 86.2 cm³/mol. The molecule has 21 heavy (non-hydrogen) atoms. The van der Waals surface area contributed by atoms with Crippen LogP contribution in [0.1, 0.15) is 27.2 Å². The average Bonchev–Trinajstić information content (AvgIpc) is 2.99. The molecule has 0 amide bonds. The normalized spacial score (nSPS) is 10.6. The zero-order valence-electron chi connectivity index (χ0n) is 12.4. The summed E-state index contributed by atoms with van der Waals surface area (Å²) < 4.78 is 0.827. The highest BCUT2D eigenvalue weighted by atomic mass is 32.2. The van der Waals surface area contributed by atoms with E-state index in [4.69, 9.17) is 0 Å². The van der Waals surface area contributed by atoms with Gasteiger partial charge < -0.3 is 10.2 Å². The van der Waals surface area contributed by atoms with Crippen molar-refractivity contribution in [2.75, 3.05) is 29.9 Å². The maximum atomic E-state index is 4.52. The minimum atomic E-state index is 0.612. The van der Waals surface area contributed by atoms with Gasteiger partial charge in [0.2, 0.25) is 17.1 Å². The van der Waals surface area contributed by atoms with Gasteiger partial charge in [-0.25, -0.2) is 0 Å². The van der Waals surface area contributed by atoms with E-state index >= 15 is 0 Å². The summed E-state index contributed by atoms with van der Waals surface area (Å²) in [5, 5.41) is 11.7. The van der Waals surface area contributed by atoms with Crippen molar-refractivity contribution in [1.82, 2.24) is 25.1 Å². The van der Waals surface area contributed by atoms with Gasteiger partial charge in [0.25, 0.3) is 0 Å². The van der Waals surface area contributed by atoms with Crippen molar-refractivity contribution in [3.05, 3.63) is 5.51 Å². The Hall–Kier alpha value is -1.48. The number of aromatic nitrogens is 5. The molecule has 9 heteroatoms. The first-order valence-corrected chi connectivity index (χ1v) is 8.65. The van der Waals surface area contributed by atoms with Gasteiger partial charge in [0.1, 0.15) is 5.51 Å². The van der Waals surface area contributed by atoms with Gasteiger partial charge >= 0.3 is 0 Å². The van der Waals surface area contributed by atoms with E-state index in [0.29, 0.717) is 17.1 Å². The van der Waals surface area contributed by atoms with Gasteiger partial charge in [0, 0.05) is 19.6 Å². The van der Waals surface area contributed by atoms with Crippen molar-refractivity contribution in [2.24, 2.45) is 0 Å². The Balaban J connectivity index is 2.27. The number of rotatable bonds is 8. The van der Waals surface area contributed by atoms with Crippen molar-refractivity contribution < 1.29 is 0 Å². The van der Waals surface area contributed by atoms with Crippen molar-refractivity contribution >= 4 is 35.0 Å². The van der Waals surface area contributed by atoms with Crippen LogP contribution in [-0.2, 0) is 0 Å². The third-order valence-electron chi connectivity index (χ3n) is 2.70. The zero-order valence-corrected chi connectivity index (χ0v) is 14.0. The van der Waals surface area contributed by atoms with Gasteiger partial charge in [-0.3, -0.25) is 0 Å². The minimum Gasteiger partial charge on any atom is -0.354 e. The van der Waals surface area contributed by atoms with E-state index in [2.05, 4.69) is 56.1 Å². The molecule has 0 atom stereocenters. The first kappa shape index (κ1) is 15.9. The highest BCUT2D eigenvalue weighted by Crippen LogP contribution is 2.27. The monoisotopic (exact) mass is 325 g/mol. The molecule has 0 fully saturated rings.